The van der Waals surface area contributed by atoms with Gasteiger partial charge in [-0.2, -0.15) is 5.10 Å². The number of fused-ring (bicyclic) bond motifs is 1. The summed E-state index contributed by atoms with van der Waals surface area (Å²) in [4.78, 5) is 17.7. The highest BCUT2D eigenvalue weighted by Gasteiger charge is 2.18. The lowest BCUT2D eigenvalue weighted by molar-refractivity contribution is 0.0952. The van der Waals surface area contributed by atoms with Gasteiger partial charge < -0.3 is 10.1 Å². The predicted octanol–water partition coefficient (Wildman–Crippen LogP) is 4.88. The van der Waals surface area contributed by atoms with Gasteiger partial charge >= 0.3 is 0 Å². The van der Waals surface area contributed by atoms with Crippen LogP contribution in [0.25, 0.3) is 22.3 Å². The Balaban J connectivity index is 1.71. The molecule has 0 unspecified atom stereocenters. The molecule has 30 heavy (non-hydrogen) atoms. The van der Waals surface area contributed by atoms with Crippen LogP contribution in [0.1, 0.15) is 15.9 Å². The monoisotopic (exact) mass is 440 g/mol. The minimum absolute atomic E-state index is 0.232. The third kappa shape index (κ3) is 3.97. The fraction of sp³-hybridized carbons (Fsp3) is 0.136. The molecule has 2 heterocycles. The molecule has 0 aliphatic rings. The first-order chi connectivity index (χ1) is 14.5. The van der Waals surface area contributed by atoms with Crippen molar-refractivity contribution in [2.24, 2.45) is 7.05 Å². The number of methoxy groups -OCH3 is 1. The smallest absolute Gasteiger partial charge is 0.252 e. The van der Waals surface area contributed by atoms with Gasteiger partial charge in [0.1, 0.15) is 5.75 Å². The van der Waals surface area contributed by atoms with E-state index < -0.39 is 0 Å². The van der Waals surface area contributed by atoms with Crippen molar-refractivity contribution in [3.63, 3.8) is 0 Å². The minimum Gasteiger partial charge on any atom is -0.497 e. The van der Waals surface area contributed by atoms with Crippen LogP contribution in [0.5, 0.6) is 5.75 Å². The topological polar surface area (TPSA) is 69.0 Å². The van der Waals surface area contributed by atoms with Crippen LogP contribution in [0, 0.1) is 0 Å². The number of carbonyl (C=O) groups is 1. The van der Waals surface area contributed by atoms with E-state index in [2.05, 4.69) is 15.4 Å². The molecule has 0 aliphatic heterocycles. The molecule has 0 spiro atoms. The molecule has 0 bridgehead atoms. The van der Waals surface area contributed by atoms with Crippen molar-refractivity contribution in [1.82, 2.24) is 20.1 Å². The highest BCUT2D eigenvalue weighted by Crippen LogP contribution is 2.31. The zero-order chi connectivity index (χ0) is 21.3. The van der Waals surface area contributed by atoms with Crippen LogP contribution < -0.4 is 10.1 Å². The van der Waals surface area contributed by atoms with E-state index >= 15 is 0 Å². The summed E-state index contributed by atoms with van der Waals surface area (Å²) in [5.41, 5.74) is 3.24. The number of halogens is 2. The number of benzene rings is 2. The molecule has 2 aromatic heterocycles. The number of hydrogen-bond donors (Lipinski definition) is 1. The van der Waals surface area contributed by atoms with Gasteiger partial charge in [0.2, 0.25) is 0 Å². The maximum atomic E-state index is 13.1. The summed E-state index contributed by atoms with van der Waals surface area (Å²) in [6.45, 7) is 0.358. The van der Waals surface area contributed by atoms with E-state index in [0.29, 0.717) is 44.4 Å². The first-order valence-corrected chi connectivity index (χ1v) is 9.91. The Hall–Kier alpha value is -3.09. The highest BCUT2D eigenvalue weighted by atomic mass is 35.5. The summed E-state index contributed by atoms with van der Waals surface area (Å²) in [7, 11) is 3.39. The van der Waals surface area contributed by atoms with Gasteiger partial charge in [-0.25, -0.2) is 4.98 Å². The first kappa shape index (κ1) is 20.2. The van der Waals surface area contributed by atoms with Crippen LogP contribution >= 0.6 is 23.2 Å². The van der Waals surface area contributed by atoms with Gasteiger partial charge in [0, 0.05) is 24.2 Å². The summed E-state index contributed by atoms with van der Waals surface area (Å²) < 4.78 is 6.86. The molecule has 6 nitrogen and oxygen atoms in total. The Morgan fingerprint density at radius 2 is 2.00 bits per heavy atom. The number of nitrogens with zero attached hydrogens (tertiary/aromatic N) is 3. The molecule has 0 atom stereocenters. The maximum absolute atomic E-state index is 13.1. The number of pyridine rings is 1. The van der Waals surface area contributed by atoms with Crippen molar-refractivity contribution >= 4 is 40.1 Å². The standard InChI is InChI=1S/C22H18Cl2N4O2/c1-28-21-18(12-26-28)17(10-20(27-21)16-7-6-14(23)9-19(16)24)22(29)25-11-13-4-3-5-15(8-13)30-2/h3-10,12H,11H2,1-2H3,(H,25,29). The number of carbonyl (C=O) groups excluding carboxylic acids is 1. The quantitative estimate of drug-likeness (QED) is 0.479. The van der Waals surface area contributed by atoms with Crippen LogP contribution in [0.3, 0.4) is 0 Å². The summed E-state index contributed by atoms with van der Waals surface area (Å²) in [5.74, 6) is 0.504. The molecule has 4 rings (SSSR count). The van der Waals surface area contributed by atoms with Crippen LogP contribution in [-0.2, 0) is 13.6 Å². The van der Waals surface area contributed by atoms with Crippen LogP contribution in [-0.4, -0.2) is 27.8 Å². The first-order valence-electron chi connectivity index (χ1n) is 9.15. The Bertz CT molecular complexity index is 1250. The molecular formula is C22H18Cl2N4O2. The number of hydrogen-bond acceptors (Lipinski definition) is 4. The third-order valence-electron chi connectivity index (χ3n) is 4.74. The lowest BCUT2D eigenvalue weighted by Crippen LogP contribution is -2.23. The lowest BCUT2D eigenvalue weighted by Gasteiger charge is -2.10. The molecule has 0 fully saturated rings. The van der Waals surface area contributed by atoms with Crippen molar-refractivity contribution in [3.8, 4) is 17.0 Å². The SMILES string of the molecule is COc1cccc(CNC(=O)c2cc(-c3ccc(Cl)cc3Cl)nc3c2cnn3C)c1. The van der Waals surface area contributed by atoms with Gasteiger partial charge in [0.05, 0.1) is 35.0 Å². The highest BCUT2D eigenvalue weighted by molar-refractivity contribution is 6.36. The summed E-state index contributed by atoms with van der Waals surface area (Å²) in [6, 6.07) is 14.4. The van der Waals surface area contributed by atoms with Gasteiger partial charge in [0.15, 0.2) is 5.65 Å². The molecule has 1 N–H and O–H groups in total. The Kier molecular flexibility index (Phi) is 5.61. The number of nitrogens with one attached hydrogen (secondary N) is 1. The van der Waals surface area contributed by atoms with Gasteiger partial charge in [-0.15, -0.1) is 0 Å². The van der Waals surface area contributed by atoms with E-state index in [9.17, 15) is 4.79 Å². The average molecular weight is 441 g/mol. The van der Waals surface area contributed by atoms with Crippen LogP contribution in [0.15, 0.2) is 54.7 Å². The molecule has 8 heteroatoms. The van der Waals surface area contributed by atoms with Crippen molar-refractivity contribution in [2.45, 2.75) is 6.54 Å². The van der Waals surface area contributed by atoms with Gasteiger partial charge in [0.25, 0.3) is 5.91 Å². The number of ether oxygens (including phenoxy) is 1. The fourth-order valence-electron chi connectivity index (χ4n) is 3.20. The molecule has 0 radical (unpaired) electrons. The van der Waals surface area contributed by atoms with Crippen molar-refractivity contribution in [1.29, 1.82) is 0 Å². The molecule has 0 aliphatic carbocycles. The zero-order valence-electron chi connectivity index (χ0n) is 16.3. The molecule has 1 amide bonds. The van der Waals surface area contributed by atoms with E-state index in [4.69, 9.17) is 27.9 Å². The van der Waals surface area contributed by atoms with Gasteiger partial charge in [-0.1, -0.05) is 35.3 Å². The van der Waals surface area contributed by atoms with E-state index in [0.717, 1.165) is 11.3 Å². The number of rotatable bonds is 5. The molecule has 2 aromatic carbocycles. The van der Waals surface area contributed by atoms with E-state index in [1.165, 1.54) is 0 Å². The molecule has 4 aromatic rings. The minimum atomic E-state index is -0.232. The number of aromatic nitrogens is 3. The zero-order valence-corrected chi connectivity index (χ0v) is 17.8. The second-order valence-corrected chi connectivity index (χ2v) is 7.56. The Morgan fingerprint density at radius 3 is 2.77 bits per heavy atom. The average Bonchev–Trinajstić information content (AvgIpc) is 3.12. The van der Waals surface area contributed by atoms with Crippen molar-refractivity contribution in [2.75, 3.05) is 7.11 Å². The van der Waals surface area contributed by atoms with E-state index in [1.807, 2.05) is 24.3 Å². The Morgan fingerprint density at radius 1 is 1.17 bits per heavy atom. The molecular weight excluding hydrogens is 423 g/mol. The maximum Gasteiger partial charge on any atom is 0.252 e. The second kappa shape index (κ2) is 8.34. The van der Waals surface area contributed by atoms with Crippen LogP contribution in [0.2, 0.25) is 10.0 Å². The third-order valence-corrected chi connectivity index (χ3v) is 5.29. The normalized spacial score (nSPS) is 10.9. The molecule has 0 saturated carbocycles. The summed E-state index contributed by atoms with van der Waals surface area (Å²) in [6.07, 6.45) is 1.63. The second-order valence-electron chi connectivity index (χ2n) is 6.72. The fourth-order valence-corrected chi connectivity index (χ4v) is 3.70. The summed E-state index contributed by atoms with van der Waals surface area (Å²) >= 11 is 12.4. The molecule has 152 valence electrons. The largest absolute Gasteiger partial charge is 0.497 e. The number of aryl methyl sites for hydroxylation is 1. The van der Waals surface area contributed by atoms with Crippen LogP contribution in [0.4, 0.5) is 0 Å². The number of amides is 1. The van der Waals surface area contributed by atoms with E-state index in [1.54, 1.807) is 49.3 Å². The lowest BCUT2D eigenvalue weighted by atomic mass is 10.1. The van der Waals surface area contributed by atoms with Gasteiger partial charge in [-0.05, 0) is 42.0 Å². The Labute approximate surface area is 183 Å². The van der Waals surface area contributed by atoms with Crippen molar-refractivity contribution in [3.05, 3.63) is 75.9 Å². The van der Waals surface area contributed by atoms with E-state index in [-0.39, 0.29) is 5.91 Å². The van der Waals surface area contributed by atoms with Gasteiger partial charge in [-0.3, -0.25) is 9.48 Å². The molecule has 0 saturated heterocycles. The predicted molar refractivity (Wildman–Crippen MR) is 118 cm³/mol. The summed E-state index contributed by atoms with van der Waals surface area (Å²) in [5, 5.41) is 8.86. The van der Waals surface area contributed by atoms with Crippen molar-refractivity contribution < 1.29 is 9.53 Å².